The monoisotopic (exact) mass is 300 g/mol. The molecule has 0 saturated carbocycles. The van der Waals surface area contributed by atoms with Gasteiger partial charge in [0.2, 0.25) is 0 Å². The van der Waals surface area contributed by atoms with Gasteiger partial charge >= 0.3 is 0 Å². The Balaban J connectivity index is 2.64. The molecule has 2 aromatic rings. The molecule has 0 aliphatic carbocycles. The zero-order valence-corrected chi connectivity index (χ0v) is 12.6. The van der Waals surface area contributed by atoms with Crippen LogP contribution in [0.4, 0.5) is 8.78 Å². The molecule has 0 aliphatic heterocycles. The second kappa shape index (κ2) is 6.01. The summed E-state index contributed by atoms with van der Waals surface area (Å²) in [6.45, 7) is 6.87. The van der Waals surface area contributed by atoms with Crippen molar-refractivity contribution in [3.05, 3.63) is 28.5 Å². The first-order chi connectivity index (χ1) is 9.47. The minimum Gasteiger partial charge on any atom is -0.380 e. The van der Waals surface area contributed by atoms with Gasteiger partial charge in [-0.25, -0.2) is 8.78 Å². The summed E-state index contributed by atoms with van der Waals surface area (Å²) in [6, 6.07) is 2.45. The Morgan fingerprint density at radius 2 is 2.05 bits per heavy atom. The number of fused-ring (bicyclic) bond motifs is 1. The Morgan fingerprint density at radius 3 is 2.65 bits per heavy atom. The SMILES string of the molecule is CCOCC(C(C)C)n1c(=S)[nH]c2ccc(F)c(F)c21. The van der Waals surface area contributed by atoms with Crippen LogP contribution in [0.2, 0.25) is 0 Å². The summed E-state index contributed by atoms with van der Waals surface area (Å²) in [5.74, 6) is -1.58. The van der Waals surface area contributed by atoms with Gasteiger partial charge < -0.3 is 14.3 Å². The van der Waals surface area contributed by atoms with Crippen LogP contribution in [0, 0.1) is 22.3 Å². The van der Waals surface area contributed by atoms with Crippen molar-refractivity contribution in [2.75, 3.05) is 13.2 Å². The summed E-state index contributed by atoms with van der Waals surface area (Å²) < 4.78 is 35.1. The van der Waals surface area contributed by atoms with Crippen molar-refractivity contribution >= 4 is 23.3 Å². The van der Waals surface area contributed by atoms with Gasteiger partial charge in [-0.15, -0.1) is 0 Å². The summed E-state index contributed by atoms with van der Waals surface area (Å²) in [5, 5.41) is 0. The normalized spacial score (nSPS) is 13.3. The number of rotatable bonds is 5. The zero-order chi connectivity index (χ0) is 14.9. The lowest BCUT2D eigenvalue weighted by molar-refractivity contribution is 0.0972. The first-order valence-corrected chi connectivity index (χ1v) is 7.04. The van der Waals surface area contributed by atoms with Crippen molar-refractivity contribution in [1.29, 1.82) is 0 Å². The van der Waals surface area contributed by atoms with Gasteiger partial charge in [-0.3, -0.25) is 0 Å². The maximum atomic E-state index is 14.1. The van der Waals surface area contributed by atoms with E-state index in [-0.39, 0.29) is 17.5 Å². The number of aromatic amines is 1. The number of halogens is 2. The summed E-state index contributed by atoms with van der Waals surface area (Å²) in [4.78, 5) is 2.92. The van der Waals surface area contributed by atoms with E-state index in [1.165, 1.54) is 6.07 Å². The molecule has 1 heterocycles. The number of hydrogen-bond acceptors (Lipinski definition) is 2. The van der Waals surface area contributed by atoms with Gasteiger partial charge in [-0.1, -0.05) is 13.8 Å². The average Bonchev–Trinajstić information content (AvgIpc) is 2.72. The van der Waals surface area contributed by atoms with Crippen LogP contribution in [-0.2, 0) is 4.74 Å². The molecule has 20 heavy (non-hydrogen) atoms. The predicted molar refractivity (Wildman–Crippen MR) is 77.4 cm³/mol. The Kier molecular flexibility index (Phi) is 4.55. The van der Waals surface area contributed by atoms with Crippen molar-refractivity contribution in [3.63, 3.8) is 0 Å². The van der Waals surface area contributed by atoms with Crippen LogP contribution in [-0.4, -0.2) is 22.8 Å². The summed E-state index contributed by atoms with van der Waals surface area (Å²) in [7, 11) is 0. The van der Waals surface area contributed by atoms with E-state index < -0.39 is 11.6 Å². The number of nitrogens with zero attached hydrogens (tertiary/aromatic N) is 1. The minimum atomic E-state index is -0.878. The first-order valence-electron chi connectivity index (χ1n) is 6.63. The molecule has 0 spiro atoms. The highest BCUT2D eigenvalue weighted by molar-refractivity contribution is 7.71. The number of aromatic nitrogens is 2. The third-order valence-corrected chi connectivity index (χ3v) is 3.66. The Bertz CT molecular complexity index is 663. The van der Waals surface area contributed by atoms with E-state index in [1.807, 2.05) is 20.8 Å². The fourth-order valence-electron chi connectivity index (χ4n) is 2.27. The summed E-state index contributed by atoms with van der Waals surface area (Å²) in [6.07, 6.45) is 0. The molecular weight excluding hydrogens is 282 g/mol. The molecular formula is C14H18F2N2OS. The van der Waals surface area contributed by atoms with Gasteiger partial charge in [0.1, 0.15) is 5.52 Å². The smallest absolute Gasteiger partial charge is 0.184 e. The maximum Gasteiger partial charge on any atom is 0.184 e. The van der Waals surface area contributed by atoms with E-state index in [2.05, 4.69) is 4.98 Å². The minimum absolute atomic E-state index is 0.146. The summed E-state index contributed by atoms with van der Waals surface area (Å²) >= 11 is 5.26. The number of ether oxygens (including phenoxy) is 1. The largest absolute Gasteiger partial charge is 0.380 e. The van der Waals surface area contributed by atoms with Crippen molar-refractivity contribution < 1.29 is 13.5 Å². The quantitative estimate of drug-likeness (QED) is 0.838. The van der Waals surface area contributed by atoms with E-state index in [4.69, 9.17) is 17.0 Å². The molecule has 110 valence electrons. The van der Waals surface area contributed by atoms with E-state index in [9.17, 15) is 8.78 Å². The second-order valence-corrected chi connectivity index (χ2v) is 5.42. The van der Waals surface area contributed by atoms with Gasteiger partial charge in [0.25, 0.3) is 0 Å². The number of nitrogens with one attached hydrogen (secondary N) is 1. The third-order valence-electron chi connectivity index (χ3n) is 3.36. The van der Waals surface area contributed by atoms with Crippen LogP contribution in [0.15, 0.2) is 12.1 Å². The molecule has 0 radical (unpaired) electrons. The van der Waals surface area contributed by atoms with Crippen LogP contribution in [0.1, 0.15) is 26.8 Å². The fourth-order valence-corrected chi connectivity index (χ4v) is 2.61. The Hall–Kier alpha value is -1.27. The molecule has 1 N–H and O–H groups in total. The molecule has 1 aromatic heterocycles. The number of imidazole rings is 1. The maximum absolute atomic E-state index is 14.1. The van der Waals surface area contributed by atoms with Crippen LogP contribution in [0.3, 0.4) is 0 Å². The van der Waals surface area contributed by atoms with Gasteiger partial charge in [-0.2, -0.15) is 0 Å². The second-order valence-electron chi connectivity index (χ2n) is 5.03. The Labute approximate surface area is 121 Å². The van der Waals surface area contributed by atoms with Gasteiger partial charge in [0.15, 0.2) is 16.4 Å². The van der Waals surface area contributed by atoms with Crippen LogP contribution >= 0.6 is 12.2 Å². The number of H-pyrrole nitrogens is 1. The molecule has 0 saturated heterocycles. The van der Waals surface area contributed by atoms with E-state index in [0.29, 0.717) is 23.5 Å². The van der Waals surface area contributed by atoms with Crippen molar-refractivity contribution in [2.45, 2.75) is 26.8 Å². The standard InChI is InChI=1S/C14H18F2N2OS/c1-4-19-7-11(8(2)3)18-13-10(17-14(18)20)6-5-9(15)12(13)16/h5-6,8,11H,4,7H2,1-3H3,(H,17,20). The first kappa shape index (κ1) is 15.1. The van der Waals surface area contributed by atoms with Gasteiger partial charge in [0.05, 0.1) is 18.2 Å². The van der Waals surface area contributed by atoms with Gasteiger partial charge in [-0.05, 0) is 37.2 Å². The van der Waals surface area contributed by atoms with Crippen LogP contribution in [0.25, 0.3) is 11.0 Å². The number of benzene rings is 1. The molecule has 0 amide bonds. The third kappa shape index (κ3) is 2.62. The summed E-state index contributed by atoms with van der Waals surface area (Å²) in [5.41, 5.74) is 0.671. The van der Waals surface area contributed by atoms with E-state index in [1.54, 1.807) is 4.57 Å². The van der Waals surface area contributed by atoms with Crippen molar-refractivity contribution in [3.8, 4) is 0 Å². The molecule has 1 aromatic carbocycles. The highest BCUT2D eigenvalue weighted by atomic mass is 32.1. The van der Waals surface area contributed by atoms with Gasteiger partial charge in [0, 0.05) is 6.61 Å². The molecule has 0 aliphatic rings. The lowest BCUT2D eigenvalue weighted by Gasteiger charge is -2.23. The molecule has 1 unspecified atom stereocenters. The predicted octanol–water partition coefficient (Wildman–Crippen LogP) is 4.21. The van der Waals surface area contributed by atoms with Crippen molar-refractivity contribution in [2.24, 2.45) is 5.92 Å². The topological polar surface area (TPSA) is 29.9 Å². The highest BCUT2D eigenvalue weighted by Crippen LogP contribution is 2.27. The van der Waals surface area contributed by atoms with E-state index in [0.717, 1.165) is 6.07 Å². The molecule has 0 fully saturated rings. The molecule has 3 nitrogen and oxygen atoms in total. The zero-order valence-electron chi connectivity index (χ0n) is 11.7. The Morgan fingerprint density at radius 1 is 1.35 bits per heavy atom. The average molecular weight is 300 g/mol. The van der Waals surface area contributed by atoms with Crippen LogP contribution < -0.4 is 0 Å². The lowest BCUT2D eigenvalue weighted by atomic mass is 10.0. The van der Waals surface area contributed by atoms with E-state index >= 15 is 0 Å². The van der Waals surface area contributed by atoms with Crippen molar-refractivity contribution in [1.82, 2.24) is 9.55 Å². The molecule has 1 atom stereocenters. The van der Waals surface area contributed by atoms with Crippen LogP contribution in [0.5, 0.6) is 0 Å². The lowest BCUT2D eigenvalue weighted by Crippen LogP contribution is -2.21. The number of hydrogen-bond donors (Lipinski definition) is 1. The molecule has 6 heteroatoms. The highest BCUT2D eigenvalue weighted by Gasteiger charge is 2.22. The molecule has 0 bridgehead atoms. The molecule has 2 rings (SSSR count). The fraction of sp³-hybridized carbons (Fsp3) is 0.500.